The van der Waals surface area contributed by atoms with Crippen molar-refractivity contribution in [1.29, 1.82) is 0 Å². The van der Waals surface area contributed by atoms with Gasteiger partial charge in [0.25, 0.3) is 0 Å². The molecule has 0 bridgehead atoms. The summed E-state index contributed by atoms with van der Waals surface area (Å²) in [6, 6.07) is 0. The summed E-state index contributed by atoms with van der Waals surface area (Å²) in [4.78, 5) is 11.4. The molecule has 0 aromatic rings. The number of amides is 1. The number of hydrogen-bond acceptors (Lipinski definition) is 4. The highest BCUT2D eigenvalue weighted by Gasteiger charge is 2.14. The minimum atomic E-state index is 0.173. The van der Waals surface area contributed by atoms with E-state index in [4.69, 9.17) is 0 Å². The molecule has 0 radical (unpaired) electrons. The summed E-state index contributed by atoms with van der Waals surface area (Å²) < 4.78 is 0. The fourth-order valence-corrected chi connectivity index (χ4v) is 3.96. The lowest BCUT2D eigenvalue weighted by Gasteiger charge is -2.21. The van der Waals surface area contributed by atoms with Crippen molar-refractivity contribution in [2.75, 3.05) is 36.9 Å². The van der Waals surface area contributed by atoms with Gasteiger partial charge < -0.3 is 10.6 Å². The molecule has 1 fully saturated rings. The van der Waals surface area contributed by atoms with Gasteiger partial charge in [0.05, 0.1) is 0 Å². The summed E-state index contributed by atoms with van der Waals surface area (Å²) in [6.07, 6.45) is 0.596. The van der Waals surface area contributed by atoms with E-state index in [0.717, 1.165) is 19.6 Å². The van der Waals surface area contributed by atoms with Gasteiger partial charge in [-0.3, -0.25) is 4.79 Å². The third-order valence-corrected chi connectivity index (χ3v) is 5.04. The van der Waals surface area contributed by atoms with Crippen molar-refractivity contribution in [3.63, 3.8) is 0 Å². The second kappa shape index (κ2) is 8.30. The van der Waals surface area contributed by atoms with Crippen LogP contribution >= 0.6 is 23.5 Å². The number of rotatable bonds is 6. The Kier molecular flexibility index (Phi) is 7.30. The maximum atomic E-state index is 11.4. The van der Waals surface area contributed by atoms with Crippen LogP contribution in [0.25, 0.3) is 0 Å². The zero-order valence-electron chi connectivity index (χ0n) is 9.25. The summed E-state index contributed by atoms with van der Waals surface area (Å²) in [5.41, 5.74) is 0. The van der Waals surface area contributed by atoms with E-state index in [0.29, 0.717) is 11.7 Å². The first kappa shape index (κ1) is 13.2. The summed E-state index contributed by atoms with van der Waals surface area (Å²) in [6.45, 7) is 4.60. The highest BCUT2D eigenvalue weighted by molar-refractivity contribution is 8.06. The number of nitrogens with one attached hydrogen (secondary N) is 2. The molecule has 0 aliphatic carbocycles. The molecule has 1 amide bonds. The Morgan fingerprint density at radius 1 is 1.47 bits per heavy atom. The number of hydrogen-bond donors (Lipinski definition) is 2. The fourth-order valence-electron chi connectivity index (χ4n) is 1.35. The van der Waals surface area contributed by atoms with Gasteiger partial charge in [-0.2, -0.15) is 23.5 Å². The normalized spacial score (nSPS) is 21.3. The smallest absolute Gasteiger partial charge is 0.221 e. The monoisotopic (exact) mass is 248 g/mol. The Labute approximate surface area is 101 Å². The average molecular weight is 248 g/mol. The molecule has 15 heavy (non-hydrogen) atoms. The Morgan fingerprint density at radius 2 is 2.33 bits per heavy atom. The van der Waals surface area contributed by atoms with Gasteiger partial charge in [-0.05, 0) is 6.54 Å². The molecular weight excluding hydrogens is 228 g/mol. The van der Waals surface area contributed by atoms with E-state index in [9.17, 15) is 4.79 Å². The van der Waals surface area contributed by atoms with Gasteiger partial charge in [-0.1, -0.05) is 6.92 Å². The molecule has 88 valence electrons. The molecule has 0 spiro atoms. The molecule has 1 rings (SSSR count). The molecule has 0 aromatic carbocycles. The Hall–Kier alpha value is 0.130. The van der Waals surface area contributed by atoms with Crippen molar-refractivity contribution < 1.29 is 4.79 Å². The van der Waals surface area contributed by atoms with Gasteiger partial charge in [-0.25, -0.2) is 0 Å². The van der Waals surface area contributed by atoms with E-state index in [1.165, 1.54) is 17.3 Å². The van der Waals surface area contributed by atoms with E-state index in [1.807, 2.05) is 30.4 Å². The van der Waals surface area contributed by atoms with Crippen molar-refractivity contribution >= 4 is 29.4 Å². The zero-order valence-corrected chi connectivity index (χ0v) is 10.9. The van der Waals surface area contributed by atoms with Crippen LogP contribution in [0.1, 0.15) is 13.3 Å². The van der Waals surface area contributed by atoms with Gasteiger partial charge >= 0.3 is 0 Å². The number of thioether (sulfide) groups is 2. The first-order valence-electron chi connectivity index (χ1n) is 5.49. The van der Waals surface area contributed by atoms with Crippen LogP contribution in [0.3, 0.4) is 0 Å². The van der Waals surface area contributed by atoms with E-state index < -0.39 is 0 Å². The highest BCUT2D eigenvalue weighted by atomic mass is 32.2. The summed E-state index contributed by atoms with van der Waals surface area (Å²) in [7, 11) is 0. The first-order chi connectivity index (χ1) is 7.33. The van der Waals surface area contributed by atoms with Gasteiger partial charge in [0.1, 0.15) is 0 Å². The van der Waals surface area contributed by atoms with Crippen molar-refractivity contribution in [1.82, 2.24) is 10.6 Å². The second-order valence-corrected chi connectivity index (χ2v) is 6.03. The summed E-state index contributed by atoms with van der Waals surface area (Å²) in [5, 5.41) is 6.76. The average Bonchev–Trinajstić information content (AvgIpc) is 2.28. The van der Waals surface area contributed by atoms with Gasteiger partial charge in [-0.15, -0.1) is 0 Å². The lowest BCUT2D eigenvalue weighted by Crippen LogP contribution is -2.34. The van der Waals surface area contributed by atoms with Crippen molar-refractivity contribution in [2.45, 2.75) is 18.6 Å². The van der Waals surface area contributed by atoms with E-state index in [2.05, 4.69) is 10.6 Å². The lowest BCUT2D eigenvalue weighted by molar-refractivity contribution is -0.120. The van der Waals surface area contributed by atoms with Gasteiger partial charge in [0.15, 0.2) is 0 Å². The predicted octanol–water partition coefficient (Wildman–Crippen LogP) is 0.951. The number of carbonyl (C=O) groups is 1. The van der Waals surface area contributed by atoms with Crippen LogP contribution in [0, 0.1) is 0 Å². The van der Waals surface area contributed by atoms with Crippen molar-refractivity contribution in [3.05, 3.63) is 0 Å². The lowest BCUT2D eigenvalue weighted by atomic mass is 10.3. The molecular formula is C10H20N2OS2. The number of carbonyl (C=O) groups excluding carboxylic acids is 1. The van der Waals surface area contributed by atoms with Crippen LogP contribution in [0.5, 0.6) is 0 Å². The molecule has 1 saturated heterocycles. The molecule has 0 aromatic heterocycles. The molecule has 1 aliphatic rings. The SMILES string of the molecule is CCNCCC(=O)NCC1CSCCS1. The van der Waals surface area contributed by atoms with Gasteiger partial charge in [0.2, 0.25) is 5.91 Å². The van der Waals surface area contributed by atoms with Gasteiger partial charge in [0, 0.05) is 42.0 Å². The minimum absolute atomic E-state index is 0.173. The quantitative estimate of drug-likeness (QED) is 0.687. The minimum Gasteiger partial charge on any atom is -0.355 e. The largest absolute Gasteiger partial charge is 0.355 e. The molecule has 1 aliphatic heterocycles. The van der Waals surface area contributed by atoms with Crippen LogP contribution in [-0.4, -0.2) is 48.0 Å². The van der Waals surface area contributed by atoms with Crippen molar-refractivity contribution in [2.24, 2.45) is 0 Å². The predicted molar refractivity (Wildman–Crippen MR) is 69.7 cm³/mol. The molecule has 5 heteroatoms. The third-order valence-electron chi connectivity index (χ3n) is 2.19. The first-order valence-corrected chi connectivity index (χ1v) is 7.70. The highest BCUT2D eigenvalue weighted by Crippen LogP contribution is 2.23. The molecule has 1 atom stereocenters. The molecule has 3 nitrogen and oxygen atoms in total. The standard InChI is InChI=1S/C10H20N2OS2/c1-2-11-4-3-10(13)12-7-9-8-14-5-6-15-9/h9,11H,2-8H2,1H3,(H,12,13). The van der Waals surface area contributed by atoms with E-state index >= 15 is 0 Å². The van der Waals surface area contributed by atoms with E-state index in [1.54, 1.807) is 0 Å². The Balaban J connectivity index is 2.00. The topological polar surface area (TPSA) is 41.1 Å². The molecule has 2 N–H and O–H groups in total. The van der Waals surface area contributed by atoms with Crippen LogP contribution in [0.2, 0.25) is 0 Å². The zero-order chi connectivity index (χ0) is 10.9. The van der Waals surface area contributed by atoms with Crippen LogP contribution in [0.15, 0.2) is 0 Å². The molecule has 1 heterocycles. The summed E-state index contributed by atoms with van der Waals surface area (Å²) in [5.74, 6) is 3.84. The van der Waals surface area contributed by atoms with Crippen LogP contribution in [-0.2, 0) is 4.79 Å². The molecule has 0 saturated carbocycles. The van der Waals surface area contributed by atoms with E-state index in [-0.39, 0.29) is 5.91 Å². The second-order valence-electron chi connectivity index (χ2n) is 3.48. The molecule has 1 unspecified atom stereocenters. The third kappa shape index (κ3) is 6.33. The Morgan fingerprint density at radius 3 is 3.00 bits per heavy atom. The maximum Gasteiger partial charge on any atom is 0.221 e. The fraction of sp³-hybridized carbons (Fsp3) is 0.900. The maximum absolute atomic E-state index is 11.4. The van der Waals surface area contributed by atoms with Crippen molar-refractivity contribution in [3.8, 4) is 0 Å². The summed E-state index contributed by atoms with van der Waals surface area (Å²) >= 11 is 3.97. The van der Waals surface area contributed by atoms with Crippen LogP contribution < -0.4 is 10.6 Å². The Bertz CT molecular complexity index is 184. The van der Waals surface area contributed by atoms with Crippen LogP contribution in [0.4, 0.5) is 0 Å².